The molecule has 3 aromatic rings. The molecule has 0 aliphatic heterocycles. The molecule has 0 spiro atoms. The van der Waals surface area contributed by atoms with Gasteiger partial charge in [0, 0.05) is 5.41 Å². The summed E-state index contributed by atoms with van der Waals surface area (Å²) in [6.45, 7) is 0. The van der Waals surface area contributed by atoms with Crippen molar-refractivity contribution in [2.45, 2.75) is 37.0 Å². The van der Waals surface area contributed by atoms with Gasteiger partial charge in [0.05, 0.1) is 0 Å². The summed E-state index contributed by atoms with van der Waals surface area (Å²) in [5, 5.41) is 59.5. The molecule has 0 radical (unpaired) electrons. The molecular weight excluding hydrogens is 384 g/mol. The second-order valence-electron chi connectivity index (χ2n) is 8.03. The topological polar surface area (TPSA) is 121 Å². The molecule has 0 aromatic heterocycles. The molecule has 0 saturated heterocycles. The smallest absolute Gasteiger partial charge is 0.157 e. The fourth-order valence-electron chi connectivity index (χ4n) is 4.69. The maximum atomic E-state index is 10.1. The van der Waals surface area contributed by atoms with Crippen molar-refractivity contribution in [3.63, 3.8) is 0 Å². The number of hydrogen-bond donors (Lipinski definition) is 6. The van der Waals surface area contributed by atoms with Crippen LogP contribution in [0, 0.1) is 0 Å². The molecule has 6 N–H and O–H groups in total. The van der Waals surface area contributed by atoms with E-state index in [0.29, 0.717) is 6.42 Å². The molecule has 0 bridgehead atoms. The van der Waals surface area contributed by atoms with Gasteiger partial charge in [-0.25, -0.2) is 0 Å². The molecule has 1 saturated carbocycles. The lowest BCUT2D eigenvalue weighted by Gasteiger charge is -2.42. The SMILES string of the molecule is Oc1ccc(C2CCCC(c3ccc(O)c(O)c3)(c3ccc(O)c(O)c3)C2)cc1O. The van der Waals surface area contributed by atoms with Crippen LogP contribution in [0.3, 0.4) is 0 Å². The highest BCUT2D eigenvalue weighted by Gasteiger charge is 2.40. The summed E-state index contributed by atoms with van der Waals surface area (Å²) in [6.07, 6.45) is 3.07. The molecule has 30 heavy (non-hydrogen) atoms. The second kappa shape index (κ2) is 7.37. The summed E-state index contributed by atoms with van der Waals surface area (Å²) >= 11 is 0. The van der Waals surface area contributed by atoms with Gasteiger partial charge in [0.15, 0.2) is 34.5 Å². The standard InChI is InChI=1S/C24H24O6/c25-18-6-3-14(10-21(18)28)15-2-1-9-24(13-15,16-4-7-19(26)22(29)11-16)17-5-8-20(27)23(30)12-17/h3-8,10-12,15,25-30H,1-2,9,13H2. The van der Waals surface area contributed by atoms with Crippen LogP contribution in [0.15, 0.2) is 54.6 Å². The predicted molar refractivity (Wildman–Crippen MR) is 111 cm³/mol. The zero-order valence-corrected chi connectivity index (χ0v) is 16.3. The first kappa shape index (κ1) is 19.8. The Bertz CT molecular complexity index is 1040. The summed E-state index contributed by atoms with van der Waals surface area (Å²) < 4.78 is 0. The van der Waals surface area contributed by atoms with Crippen LogP contribution in [0.4, 0.5) is 0 Å². The minimum Gasteiger partial charge on any atom is -0.504 e. The lowest BCUT2D eigenvalue weighted by atomic mass is 9.61. The molecule has 156 valence electrons. The summed E-state index contributed by atoms with van der Waals surface area (Å²) in [6, 6.07) is 14.3. The Hall–Kier alpha value is -3.54. The van der Waals surface area contributed by atoms with Gasteiger partial charge in [-0.2, -0.15) is 0 Å². The van der Waals surface area contributed by atoms with E-state index in [9.17, 15) is 30.6 Å². The largest absolute Gasteiger partial charge is 0.504 e. The number of phenols is 6. The van der Waals surface area contributed by atoms with E-state index in [-0.39, 0.29) is 40.4 Å². The van der Waals surface area contributed by atoms with Crippen molar-refractivity contribution < 1.29 is 30.6 Å². The van der Waals surface area contributed by atoms with Gasteiger partial charge in [-0.15, -0.1) is 0 Å². The third kappa shape index (κ3) is 3.34. The third-order valence-electron chi connectivity index (χ3n) is 6.28. The Balaban J connectivity index is 1.84. The summed E-state index contributed by atoms with van der Waals surface area (Å²) in [7, 11) is 0. The first-order valence-electron chi connectivity index (χ1n) is 9.87. The van der Waals surface area contributed by atoms with Gasteiger partial charge in [-0.3, -0.25) is 0 Å². The summed E-state index contributed by atoms with van der Waals surface area (Å²) in [5.74, 6) is -1.16. The molecule has 1 unspecified atom stereocenters. The van der Waals surface area contributed by atoms with Gasteiger partial charge in [-0.05, 0) is 78.3 Å². The van der Waals surface area contributed by atoms with Crippen molar-refractivity contribution >= 4 is 0 Å². The van der Waals surface area contributed by atoms with E-state index >= 15 is 0 Å². The predicted octanol–water partition coefficient (Wildman–Crippen LogP) is 4.56. The van der Waals surface area contributed by atoms with Crippen LogP contribution in [-0.4, -0.2) is 30.6 Å². The lowest BCUT2D eigenvalue weighted by molar-refractivity contribution is 0.306. The Kier molecular flexibility index (Phi) is 4.86. The number of phenolic OH excluding ortho intramolecular Hbond substituents is 6. The summed E-state index contributed by atoms with van der Waals surface area (Å²) in [4.78, 5) is 0. The molecule has 6 heteroatoms. The Morgan fingerprint density at radius 2 is 1.10 bits per heavy atom. The lowest BCUT2D eigenvalue weighted by Crippen LogP contribution is -2.33. The molecular formula is C24H24O6. The normalized spacial score (nSPS) is 18.2. The van der Waals surface area contributed by atoms with E-state index in [2.05, 4.69) is 0 Å². The first-order valence-corrected chi connectivity index (χ1v) is 9.87. The van der Waals surface area contributed by atoms with Gasteiger partial charge in [0.25, 0.3) is 0 Å². The minimum atomic E-state index is -0.590. The maximum Gasteiger partial charge on any atom is 0.157 e. The number of rotatable bonds is 3. The van der Waals surface area contributed by atoms with Crippen LogP contribution >= 0.6 is 0 Å². The van der Waals surface area contributed by atoms with Crippen molar-refractivity contribution in [3.8, 4) is 34.5 Å². The molecule has 0 amide bonds. The number of aromatic hydroxyl groups is 6. The van der Waals surface area contributed by atoms with E-state index in [1.807, 2.05) is 0 Å². The fraction of sp³-hybridized carbons (Fsp3) is 0.250. The van der Waals surface area contributed by atoms with Crippen LogP contribution < -0.4 is 0 Å². The van der Waals surface area contributed by atoms with Crippen molar-refractivity contribution in [1.29, 1.82) is 0 Å². The minimum absolute atomic E-state index is 0.0529. The quantitative estimate of drug-likeness (QED) is 0.353. The van der Waals surface area contributed by atoms with Crippen LogP contribution in [0.25, 0.3) is 0 Å². The maximum absolute atomic E-state index is 10.1. The Morgan fingerprint density at radius 1 is 0.600 bits per heavy atom. The van der Waals surface area contributed by atoms with Crippen molar-refractivity contribution in [3.05, 3.63) is 71.3 Å². The second-order valence-corrected chi connectivity index (χ2v) is 8.03. The third-order valence-corrected chi connectivity index (χ3v) is 6.28. The van der Waals surface area contributed by atoms with Gasteiger partial charge in [0.2, 0.25) is 0 Å². The highest BCUT2D eigenvalue weighted by atomic mass is 16.3. The highest BCUT2D eigenvalue weighted by Crippen LogP contribution is 2.52. The average molecular weight is 408 g/mol. The van der Waals surface area contributed by atoms with E-state index in [0.717, 1.165) is 36.0 Å². The number of benzene rings is 3. The van der Waals surface area contributed by atoms with Gasteiger partial charge in [-0.1, -0.05) is 24.6 Å². The molecule has 0 heterocycles. The molecule has 1 fully saturated rings. The number of hydrogen-bond acceptors (Lipinski definition) is 6. The molecule has 1 atom stereocenters. The van der Waals surface area contributed by atoms with Gasteiger partial charge in [0.1, 0.15) is 0 Å². The van der Waals surface area contributed by atoms with Crippen molar-refractivity contribution in [2.24, 2.45) is 0 Å². The van der Waals surface area contributed by atoms with Crippen LogP contribution in [0.2, 0.25) is 0 Å². The average Bonchev–Trinajstić information content (AvgIpc) is 2.74. The van der Waals surface area contributed by atoms with Gasteiger partial charge >= 0.3 is 0 Å². The highest BCUT2D eigenvalue weighted by molar-refractivity contribution is 5.52. The first-order chi connectivity index (χ1) is 14.3. The van der Waals surface area contributed by atoms with E-state index in [4.69, 9.17) is 0 Å². The fourth-order valence-corrected chi connectivity index (χ4v) is 4.69. The molecule has 3 aromatic carbocycles. The van der Waals surface area contributed by atoms with E-state index < -0.39 is 5.41 Å². The van der Waals surface area contributed by atoms with E-state index in [1.54, 1.807) is 24.3 Å². The monoisotopic (exact) mass is 408 g/mol. The molecule has 1 aliphatic carbocycles. The summed E-state index contributed by atoms with van der Waals surface area (Å²) in [5.41, 5.74) is 1.87. The van der Waals surface area contributed by atoms with Crippen molar-refractivity contribution in [1.82, 2.24) is 0 Å². The van der Waals surface area contributed by atoms with Crippen molar-refractivity contribution in [2.75, 3.05) is 0 Å². The Labute approximate surface area is 173 Å². The Morgan fingerprint density at radius 3 is 1.60 bits per heavy atom. The molecule has 4 rings (SSSR count). The van der Waals surface area contributed by atoms with Gasteiger partial charge < -0.3 is 30.6 Å². The zero-order chi connectivity index (χ0) is 21.5. The van der Waals surface area contributed by atoms with E-state index in [1.165, 1.54) is 30.3 Å². The van der Waals surface area contributed by atoms with Crippen LogP contribution in [-0.2, 0) is 5.41 Å². The molecule has 6 nitrogen and oxygen atoms in total. The van der Waals surface area contributed by atoms with Crippen LogP contribution in [0.5, 0.6) is 34.5 Å². The van der Waals surface area contributed by atoms with Crippen LogP contribution in [0.1, 0.15) is 48.3 Å². The zero-order valence-electron chi connectivity index (χ0n) is 16.3. The molecule has 1 aliphatic rings.